The number of hydrogen-bond donors (Lipinski definition) is 2. The molecule has 0 saturated carbocycles. The Morgan fingerprint density at radius 3 is 2.85 bits per heavy atom. The molecule has 1 aromatic carbocycles. The standard InChI is InChI=1S/C14H19ClN2O2S/c1-3-5-9(2)17-12(18)8-19-11-7-4-6-10(15)13(11)14(16)20/h4,6-7,9H,3,5,8H2,1-2H3,(H2,16,20)(H,17,18). The van der Waals surface area contributed by atoms with Crippen molar-refractivity contribution < 1.29 is 9.53 Å². The molecule has 3 N–H and O–H groups in total. The molecule has 0 aliphatic rings. The predicted molar refractivity (Wildman–Crippen MR) is 85.3 cm³/mol. The van der Waals surface area contributed by atoms with Crippen molar-refractivity contribution >= 4 is 34.7 Å². The first-order valence-corrected chi connectivity index (χ1v) is 7.24. The van der Waals surface area contributed by atoms with E-state index in [0.717, 1.165) is 12.8 Å². The Balaban J connectivity index is 2.64. The summed E-state index contributed by atoms with van der Waals surface area (Å²) in [7, 11) is 0. The van der Waals surface area contributed by atoms with Gasteiger partial charge in [-0.1, -0.05) is 43.2 Å². The zero-order valence-corrected chi connectivity index (χ0v) is 13.2. The summed E-state index contributed by atoms with van der Waals surface area (Å²) >= 11 is 11.0. The van der Waals surface area contributed by atoms with E-state index in [1.807, 2.05) is 6.92 Å². The summed E-state index contributed by atoms with van der Waals surface area (Å²) < 4.78 is 5.46. The van der Waals surface area contributed by atoms with Crippen molar-refractivity contribution in [3.05, 3.63) is 28.8 Å². The Morgan fingerprint density at radius 2 is 2.25 bits per heavy atom. The molecule has 1 unspecified atom stereocenters. The van der Waals surface area contributed by atoms with Crippen LogP contribution in [0.25, 0.3) is 0 Å². The minimum atomic E-state index is -0.181. The van der Waals surface area contributed by atoms with E-state index < -0.39 is 0 Å². The number of amides is 1. The highest BCUT2D eigenvalue weighted by Gasteiger charge is 2.13. The molecular formula is C14H19ClN2O2S. The average molecular weight is 315 g/mol. The number of nitrogens with one attached hydrogen (secondary N) is 1. The van der Waals surface area contributed by atoms with Gasteiger partial charge in [0.1, 0.15) is 10.7 Å². The van der Waals surface area contributed by atoms with Crippen molar-refractivity contribution in [3.8, 4) is 5.75 Å². The molecule has 0 aromatic heterocycles. The molecule has 0 radical (unpaired) electrons. The van der Waals surface area contributed by atoms with Crippen molar-refractivity contribution in [2.75, 3.05) is 6.61 Å². The molecule has 6 heteroatoms. The predicted octanol–water partition coefficient (Wildman–Crippen LogP) is 2.66. The van der Waals surface area contributed by atoms with Crippen LogP contribution in [0.1, 0.15) is 32.3 Å². The highest BCUT2D eigenvalue weighted by Crippen LogP contribution is 2.26. The van der Waals surface area contributed by atoms with Gasteiger partial charge in [-0.05, 0) is 25.5 Å². The number of halogens is 1. The fraction of sp³-hybridized carbons (Fsp3) is 0.429. The van der Waals surface area contributed by atoms with E-state index in [2.05, 4.69) is 12.2 Å². The lowest BCUT2D eigenvalue weighted by Gasteiger charge is -2.15. The quantitative estimate of drug-likeness (QED) is 0.759. The molecule has 0 fully saturated rings. The topological polar surface area (TPSA) is 64.3 Å². The number of thiocarbonyl (C=S) groups is 1. The molecule has 1 aromatic rings. The highest BCUT2D eigenvalue weighted by atomic mass is 35.5. The van der Waals surface area contributed by atoms with Gasteiger partial charge in [0.15, 0.2) is 6.61 Å². The molecule has 110 valence electrons. The van der Waals surface area contributed by atoms with E-state index in [0.29, 0.717) is 16.3 Å². The third-order valence-electron chi connectivity index (χ3n) is 2.71. The van der Waals surface area contributed by atoms with Gasteiger partial charge < -0.3 is 15.8 Å². The van der Waals surface area contributed by atoms with Gasteiger partial charge in [0.05, 0.1) is 10.6 Å². The molecule has 0 bridgehead atoms. The van der Waals surface area contributed by atoms with E-state index >= 15 is 0 Å². The number of carbonyl (C=O) groups is 1. The minimum absolute atomic E-state index is 0.0932. The number of rotatable bonds is 7. The largest absolute Gasteiger partial charge is 0.483 e. The van der Waals surface area contributed by atoms with Crippen LogP contribution in [-0.2, 0) is 4.79 Å². The Hall–Kier alpha value is -1.33. The molecule has 0 heterocycles. The summed E-state index contributed by atoms with van der Waals surface area (Å²) in [5, 5.41) is 3.27. The molecule has 1 amide bonds. The first-order chi connectivity index (χ1) is 9.45. The number of carbonyl (C=O) groups excluding carboxylic acids is 1. The molecule has 0 aliphatic heterocycles. The second-order valence-electron chi connectivity index (χ2n) is 4.52. The van der Waals surface area contributed by atoms with Gasteiger partial charge in [-0.3, -0.25) is 4.79 Å². The second kappa shape index (κ2) is 8.07. The zero-order chi connectivity index (χ0) is 15.1. The number of ether oxygens (including phenoxy) is 1. The molecule has 0 aliphatic carbocycles. The summed E-state index contributed by atoms with van der Waals surface area (Å²) in [4.78, 5) is 11.9. The first kappa shape index (κ1) is 16.7. The van der Waals surface area contributed by atoms with E-state index in [4.69, 9.17) is 34.3 Å². The van der Waals surface area contributed by atoms with E-state index in [1.165, 1.54) is 0 Å². The maximum absolute atomic E-state index is 11.7. The molecule has 4 nitrogen and oxygen atoms in total. The van der Waals surface area contributed by atoms with Crippen LogP contribution in [0.15, 0.2) is 18.2 Å². The smallest absolute Gasteiger partial charge is 0.258 e. The van der Waals surface area contributed by atoms with Crippen molar-refractivity contribution in [1.82, 2.24) is 5.32 Å². The third kappa shape index (κ3) is 4.98. The molecule has 0 spiro atoms. The number of hydrogen-bond acceptors (Lipinski definition) is 3. The monoisotopic (exact) mass is 314 g/mol. The summed E-state index contributed by atoms with van der Waals surface area (Å²) in [5.74, 6) is 0.239. The number of benzene rings is 1. The van der Waals surface area contributed by atoms with Crippen LogP contribution < -0.4 is 15.8 Å². The molecule has 1 rings (SSSR count). The Bertz CT molecular complexity index is 494. The maximum atomic E-state index is 11.7. The van der Waals surface area contributed by atoms with Gasteiger partial charge in [0.25, 0.3) is 5.91 Å². The van der Waals surface area contributed by atoms with Crippen molar-refractivity contribution in [1.29, 1.82) is 0 Å². The summed E-state index contributed by atoms with van der Waals surface area (Å²) in [6.45, 7) is 3.94. The maximum Gasteiger partial charge on any atom is 0.258 e. The normalized spacial score (nSPS) is 11.8. The van der Waals surface area contributed by atoms with Crippen LogP contribution >= 0.6 is 23.8 Å². The first-order valence-electron chi connectivity index (χ1n) is 6.46. The second-order valence-corrected chi connectivity index (χ2v) is 5.37. The van der Waals surface area contributed by atoms with Gasteiger partial charge in [-0.15, -0.1) is 0 Å². The SMILES string of the molecule is CCCC(C)NC(=O)COc1cccc(Cl)c1C(N)=S. The minimum Gasteiger partial charge on any atom is -0.483 e. The lowest BCUT2D eigenvalue weighted by molar-refractivity contribution is -0.123. The van der Waals surface area contributed by atoms with Crippen LogP contribution in [0, 0.1) is 0 Å². The lowest BCUT2D eigenvalue weighted by atomic mass is 10.2. The van der Waals surface area contributed by atoms with Crippen LogP contribution in [0.2, 0.25) is 5.02 Å². The van der Waals surface area contributed by atoms with Crippen LogP contribution in [0.4, 0.5) is 0 Å². The van der Waals surface area contributed by atoms with Crippen molar-refractivity contribution in [3.63, 3.8) is 0 Å². The van der Waals surface area contributed by atoms with Gasteiger partial charge in [0.2, 0.25) is 0 Å². The third-order valence-corrected chi connectivity index (χ3v) is 3.23. The van der Waals surface area contributed by atoms with E-state index in [1.54, 1.807) is 18.2 Å². The Kier molecular flexibility index (Phi) is 6.75. The van der Waals surface area contributed by atoms with Crippen LogP contribution in [0.3, 0.4) is 0 Å². The van der Waals surface area contributed by atoms with Crippen molar-refractivity contribution in [2.24, 2.45) is 5.73 Å². The van der Waals surface area contributed by atoms with Gasteiger partial charge in [-0.25, -0.2) is 0 Å². The lowest BCUT2D eigenvalue weighted by Crippen LogP contribution is -2.36. The summed E-state index contributed by atoms with van der Waals surface area (Å²) in [6.07, 6.45) is 1.95. The van der Waals surface area contributed by atoms with Gasteiger partial charge in [0, 0.05) is 6.04 Å². The van der Waals surface area contributed by atoms with Crippen LogP contribution in [0.5, 0.6) is 5.75 Å². The fourth-order valence-electron chi connectivity index (χ4n) is 1.83. The molecule has 0 saturated heterocycles. The zero-order valence-electron chi connectivity index (χ0n) is 11.6. The summed E-state index contributed by atoms with van der Waals surface area (Å²) in [6, 6.07) is 5.21. The highest BCUT2D eigenvalue weighted by molar-refractivity contribution is 7.80. The Labute approximate surface area is 129 Å². The molecule has 1 atom stereocenters. The van der Waals surface area contributed by atoms with E-state index in [9.17, 15) is 4.79 Å². The average Bonchev–Trinajstić information content (AvgIpc) is 2.36. The fourth-order valence-corrected chi connectivity index (χ4v) is 2.36. The molecular weight excluding hydrogens is 296 g/mol. The van der Waals surface area contributed by atoms with Gasteiger partial charge in [-0.2, -0.15) is 0 Å². The van der Waals surface area contributed by atoms with Crippen LogP contribution in [-0.4, -0.2) is 23.5 Å². The van der Waals surface area contributed by atoms with Crippen molar-refractivity contribution in [2.45, 2.75) is 32.7 Å². The van der Waals surface area contributed by atoms with Gasteiger partial charge >= 0.3 is 0 Å². The number of nitrogens with two attached hydrogens (primary N) is 1. The Morgan fingerprint density at radius 1 is 1.55 bits per heavy atom. The van der Waals surface area contributed by atoms with E-state index in [-0.39, 0.29) is 23.5 Å². The molecule has 20 heavy (non-hydrogen) atoms. The summed E-state index contributed by atoms with van der Waals surface area (Å²) in [5.41, 5.74) is 6.07.